The van der Waals surface area contributed by atoms with Gasteiger partial charge in [0, 0.05) is 0 Å². The molecule has 1 aromatic carbocycles. The van der Waals surface area contributed by atoms with Gasteiger partial charge in [0.2, 0.25) is 0 Å². The molecule has 19 heavy (non-hydrogen) atoms. The van der Waals surface area contributed by atoms with E-state index >= 15 is 0 Å². The van der Waals surface area contributed by atoms with Crippen molar-refractivity contribution >= 4 is 0 Å². The van der Waals surface area contributed by atoms with Crippen LogP contribution >= 0.6 is 0 Å². The molecule has 0 saturated heterocycles. The van der Waals surface area contributed by atoms with Crippen LogP contribution in [0.25, 0.3) is 0 Å². The number of hydrogen-bond donors (Lipinski definition) is 3. The summed E-state index contributed by atoms with van der Waals surface area (Å²) < 4.78 is 0. The Morgan fingerprint density at radius 2 is 1.53 bits per heavy atom. The highest BCUT2D eigenvalue weighted by Crippen LogP contribution is 2.27. The first-order valence-electron chi connectivity index (χ1n) is 7.28. The van der Waals surface area contributed by atoms with Gasteiger partial charge in [-0.25, -0.2) is 0 Å². The topological polar surface area (TPSA) is 60.7 Å². The minimum Gasteiger partial charge on any atom is -0.508 e. The zero-order valence-corrected chi connectivity index (χ0v) is 11.9. The highest BCUT2D eigenvalue weighted by atomic mass is 16.3. The summed E-state index contributed by atoms with van der Waals surface area (Å²) in [6, 6.07) is 3.28. The van der Waals surface area contributed by atoms with Gasteiger partial charge in [0.15, 0.2) is 0 Å². The van der Waals surface area contributed by atoms with E-state index in [0.717, 1.165) is 24.8 Å². The van der Waals surface area contributed by atoms with E-state index < -0.39 is 0 Å². The van der Waals surface area contributed by atoms with Crippen molar-refractivity contribution in [2.75, 3.05) is 0 Å². The molecule has 0 atom stereocenters. The molecule has 1 rings (SSSR count). The minimum atomic E-state index is -0.130. The van der Waals surface area contributed by atoms with Gasteiger partial charge in [-0.05, 0) is 35.6 Å². The first-order chi connectivity index (χ1) is 9.24. The third kappa shape index (κ3) is 4.84. The molecular weight excluding hydrogens is 240 g/mol. The second kappa shape index (κ2) is 8.94. The van der Waals surface area contributed by atoms with Crippen molar-refractivity contribution < 1.29 is 15.3 Å². The average molecular weight is 266 g/mol. The Labute approximate surface area is 115 Å². The van der Waals surface area contributed by atoms with Gasteiger partial charge in [-0.2, -0.15) is 0 Å². The van der Waals surface area contributed by atoms with Crippen molar-refractivity contribution in [1.29, 1.82) is 0 Å². The molecular formula is C16H26O3. The van der Waals surface area contributed by atoms with Crippen LogP contribution in [-0.4, -0.2) is 15.3 Å². The van der Waals surface area contributed by atoms with Crippen LogP contribution in [0.2, 0.25) is 0 Å². The lowest BCUT2D eigenvalue weighted by molar-refractivity contribution is 0.258. The number of benzene rings is 1. The number of rotatable bonds is 9. The Balaban J connectivity index is 2.56. The van der Waals surface area contributed by atoms with E-state index in [-0.39, 0.29) is 19.0 Å². The number of aromatic hydroxyl groups is 1. The van der Waals surface area contributed by atoms with Crippen molar-refractivity contribution in [3.8, 4) is 5.75 Å². The van der Waals surface area contributed by atoms with E-state index in [1.165, 1.54) is 25.7 Å². The molecule has 0 unspecified atom stereocenters. The quantitative estimate of drug-likeness (QED) is 0.601. The molecule has 3 N–H and O–H groups in total. The largest absolute Gasteiger partial charge is 0.508 e. The molecule has 0 aliphatic rings. The maximum absolute atomic E-state index is 9.89. The van der Waals surface area contributed by atoms with Gasteiger partial charge in [0.25, 0.3) is 0 Å². The zero-order chi connectivity index (χ0) is 14.1. The normalized spacial score (nSPS) is 10.9. The molecule has 0 aromatic heterocycles. The second-order valence-corrected chi connectivity index (χ2v) is 5.03. The monoisotopic (exact) mass is 266 g/mol. The van der Waals surface area contributed by atoms with Crippen molar-refractivity contribution in [2.45, 2.75) is 65.1 Å². The van der Waals surface area contributed by atoms with E-state index in [2.05, 4.69) is 6.92 Å². The van der Waals surface area contributed by atoms with Crippen molar-refractivity contribution in [3.05, 3.63) is 28.8 Å². The fourth-order valence-electron chi connectivity index (χ4n) is 2.44. The summed E-state index contributed by atoms with van der Waals surface area (Å²) in [5.41, 5.74) is 2.20. The van der Waals surface area contributed by atoms with E-state index in [0.29, 0.717) is 11.1 Å². The Bertz CT molecular complexity index is 375. The second-order valence-electron chi connectivity index (χ2n) is 5.03. The highest BCUT2D eigenvalue weighted by Gasteiger charge is 2.11. The predicted octanol–water partition coefficient (Wildman–Crippen LogP) is 3.28. The minimum absolute atomic E-state index is 0.0975. The summed E-state index contributed by atoms with van der Waals surface area (Å²) in [6.45, 7) is 1.97. The van der Waals surface area contributed by atoms with Crippen LogP contribution < -0.4 is 0 Å². The Morgan fingerprint density at radius 1 is 0.842 bits per heavy atom. The van der Waals surface area contributed by atoms with Gasteiger partial charge >= 0.3 is 0 Å². The maximum atomic E-state index is 9.89. The third-order valence-corrected chi connectivity index (χ3v) is 3.61. The molecule has 3 heteroatoms. The van der Waals surface area contributed by atoms with Gasteiger partial charge in [0.05, 0.1) is 13.2 Å². The Kier molecular flexibility index (Phi) is 7.53. The number of phenols is 1. The molecule has 0 spiro atoms. The van der Waals surface area contributed by atoms with E-state index in [1.54, 1.807) is 12.1 Å². The zero-order valence-electron chi connectivity index (χ0n) is 11.9. The Hall–Kier alpha value is -1.06. The molecule has 0 aliphatic carbocycles. The molecule has 0 fully saturated rings. The smallest absolute Gasteiger partial charge is 0.119 e. The van der Waals surface area contributed by atoms with Crippen LogP contribution in [0.15, 0.2) is 12.1 Å². The van der Waals surface area contributed by atoms with Gasteiger partial charge < -0.3 is 15.3 Å². The summed E-state index contributed by atoms with van der Waals surface area (Å²) in [5.74, 6) is 0.231. The third-order valence-electron chi connectivity index (χ3n) is 3.61. The molecule has 3 nitrogen and oxygen atoms in total. The fraction of sp³-hybridized carbons (Fsp3) is 0.625. The van der Waals surface area contributed by atoms with Gasteiger partial charge in [-0.3, -0.25) is 0 Å². The summed E-state index contributed by atoms with van der Waals surface area (Å²) in [4.78, 5) is 0. The molecule has 0 saturated carbocycles. The lowest BCUT2D eigenvalue weighted by atomic mass is 9.96. The fourth-order valence-corrected chi connectivity index (χ4v) is 2.44. The number of hydrogen-bond acceptors (Lipinski definition) is 3. The van der Waals surface area contributed by atoms with Crippen LogP contribution in [-0.2, 0) is 19.6 Å². The number of phenolic OH excluding ortho intramolecular Hbond substituents is 1. The van der Waals surface area contributed by atoms with Crippen molar-refractivity contribution in [1.82, 2.24) is 0 Å². The number of aliphatic hydroxyl groups is 2. The molecule has 1 aromatic rings. The average Bonchev–Trinajstić information content (AvgIpc) is 2.43. The number of unbranched alkanes of at least 4 members (excludes halogenated alkanes) is 5. The molecule has 0 radical (unpaired) electrons. The standard InChI is InChI=1S/C16H26O3/c1-2-3-4-5-6-7-8-14-15(12-18)13(11-17)9-10-16(14)19/h9-10,17-19H,2-8,11-12H2,1H3. The number of aliphatic hydroxyl groups excluding tert-OH is 2. The first-order valence-corrected chi connectivity index (χ1v) is 7.28. The van der Waals surface area contributed by atoms with E-state index in [9.17, 15) is 15.3 Å². The highest BCUT2D eigenvalue weighted by molar-refractivity contribution is 5.44. The van der Waals surface area contributed by atoms with Crippen molar-refractivity contribution in [3.63, 3.8) is 0 Å². The van der Waals surface area contributed by atoms with Gasteiger partial charge in [0.1, 0.15) is 5.75 Å². The van der Waals surface area contributed by atoms with E-state index in [4.69, 9.17) is 0 Å². The van der Waals surface area contributed by atoms with E-state index in [1.807, 2.05) is 0 Å². The van der Waals surface area contributed by atoms with Crippen LogP contribution in [0.5, 0.6) is 5.75 Å². The van der Waals surface area contributed by atoms with Crippen LogP contribution in [0.4, 0.5) is 0 Å². The summed E-state index contributed by atoms with van der Waals surface area (Å²) in [5, 5.41) is 28.5. The lowest BCUT2D eigenvalue weighted by Crippen LogP contribution is -2.01. The maximum Gasteiger partial charge on any atom is 0.119 e. The summed E-state index contributed by atoms with van der Waals surface area (Å²) in [6.07, 6.45) is 7.95. The molecule has 0 bridgehead atoms. The van der Waals surface area contributed by atoms with Crippen LogP contribution in [0.3, 0.4) is 0 Å². The lowest BCUT2D eigenvalue weighted by Gasteiger charge is -2.13. The Morgan fingerprint density at radius 3 is 2.16 bits per heavy atom. The molecule has 0 aliphatic heterocycles. The van der Waals surface area contributed by atoms with Gasteiger partial charge in [-0.1, -0.05) is 45.1 Å². The molecule has 0 heterocycles. The van der Waals surface area contributed by atoms with Crippen LogP contribution in [0, 0.1) is 0 Å². The summed E-state index contributed by atoms with van der Waals surface area (Å²) in [7, 11) is 0. The van der Waals surface area contributed by atoms with Gasteiger partial charge in [-0.15, -0.1) is 0 Å². The molecule has 0 amide bonds. The predicted molar refractivity (Wildman–Crippen MR) is 77.0 cm³/mol. The molecule has 108 valence electrons. The SMILES string of the molecule is CCCCCCCCc1c(O)ccc(CO)c1CO. The first kappa shape index (κ1) is 16.0. The summed E-state index contributed by atoms with van der Waals surface area (Å²) >= 11 is 0. The van der Waals surface area contributed by atoms with Crippen LogP contribution in [0.1, 0.15) is 62.1 Å². The van der Waals surface area contributed by atoms with Crippen molar-refractivity contribution in [2.24, 2.45) is 0 Å².